The summed E-state index contributed by atoms with van der Waals surface area (Å²) in [4.78, 5) is 45.3. The fourth-order valence-corrected chi connectivity index (χ4v) is 4.42. The van der Waals surface area contributed by atoms with Crippen LogP contribution in [0.25, 0.3) is 11.3 Å². The SMILES string of the molecule is O=C(NCCN1CCN(C(=O)c2ccc(Cl)cc2)CC1)C(=O)Nc1nc(-c2ccccc2)cs1. The molecule has 1 saturated heterocycles. The lowest BCUT2D eigenvalue weighted by molar-refractivity contribution is -0.136. The number of nitrogens with zero attached hydrogens (tertiary/aromatic N) is 3. The molecule has 1 aliphatic heterocycles. The molecule has 2 aromatic carbocycles. The van der Waals surface area contributed by atoms with Crippen molar-refractivity contribution in [2.75, 3.05) is 44.6 Å². The monoisotopic (exact) mass is 497 g/mol. The quantitative estimate of drug-likeness (QED) is 0.510. The number of halogens is 1. The Bertz CT molecular complexity index is 1140. The van der Waals surface area contributed by atoms with Gasteiger partial charge in [0.1, 0.15) is 0 Å². The first-order valence-corrected chi connectivity index (χ1v) is 12.1. The van der Waals surface area contributed by atoms with Gasteiger partial charge in [-0.15, -0.1) is 11.3 Å². The third kappa shape index (κ3) is 6.19. The van der Waals surface area contributed by atoms with Crippen molar-refractivity contribution in [3.05, 3.63) is 70.6 Å². The van der Waals surface area contributed by atoms with Crippen molar-refractivity contribution >= 4 is 45.8 Å². The zero-order chi connectivity index (χ0) is 23.9. The summed E-state index contributed by atoms with van der Waals surface area (Å²) in [5.74, 6) is -1.46. The Morgan fingerprint density at radius 3 is 2.35 bits per heavy atom. The summed E-state index contributed by atoms with van der Waals surface area (Å²) in [6.45, 7) is 3.53. The van der Waals surface area contributed by atoms with E-state index in [4.69, 9.17) is 11.6 Å². The molecule has 8 nitrogen and oxygen atoms in total. The van der Waals surface area contributed by atoms with Crippen LogP contribution in [-0.4, -0.2) is 71.8 Å². The average molecular weight is 498 g/mol. The van der Waals surface area contributed by atoms with Gasteiger partial charge in [0.05, 0.1) is 5.69 Å². The summed E-state index contributed by atoms with van der Waals surface area (Å²) in [5.41, 5.74) is 2.31. The van der Waals surface area contributed by atoms with Crippen LogP contribution in [0.15, 0.2) is 60.0 Å². The molecular weight excluding hydrogens is 474 g/mol. The molecule has 0 aliphatic carbocycles. The average Bonchev–Trinajstić information content (AvgIpc) is 3.33. The van der Waals surface area contributed by atoms with E-state index in [1.54, 1.807) is 24.3 Å². The van der Waals surface area contributed by atoms with Gasteiger partial charge in [-0.2, -0.15) is 0 Å². The van der Waals surface area contributed by atoms with Crippen molar-refractivity contribution in [3.8, 4) is 11.3 Å². The first-order chi connectivity index (χ1) is 16.5. The number of carbonyl (C=O) groups excluding carboxylic acids is 3. The van der Waals surface area contributed by atoms with Crippen molar-refractivity contribution in [2.24, 2.45) is 0 Å². The lowest BCUT2D eigenvalue weighted by Gasteiger charge is -2.34. The number of benzene rings is 2. The highest BCUT2D eigenvalue weighted by molar-refractivity contribution is 7.14. The molecule has 3 amide bonds. The third-order valence-corrected chi connectivity index (χ3v) is 6.47. The lowest BCUT2D eigenvalue weighted by atomic mass is 10.2. The van der Waals surface area contributed by atoms with Crippen LogP contribution in [0.5, 0.6) is 0 Å². The Labute approximate surface area is 206 Å². The van der Waals surface area contributed by atoms with Crippen LogP contribution in [0.2, 0.25) is 5.02 Å². The van der Waals surface area contributed by atoms with E-state index in [2.05, 4.69) is 20.5 Å². The number of hydrogen-bond acceptors (Lipinski definition) is 6. The van der Waals surface area contributed by atoms with Crippen LogP contribution in [0.4, 0.5) is 5.13 Å². The molecule has 0 atom stereocenters. The van der Waals surface area contributed by atoms with E-state index in [9.17, 15) is 14.4 Å². The fraction of sp³-hybridized carbons (Fsp3) is 0.250. The van der Waals surface area contributed by atoms with E-state index < -0.39 is 11.8 Å². The molecule has 10 heteroatoms. The molecule has 2 N–H and O–H groups in total. The van der Waals surface area contributed by atoms with Gasteiger partial charge in [0.25, 0.3) is 5.91 Å². The van der Waals surface area contributed by atoms with Crippen LogP contribution >= 0.6 is 22.9 Å². The minimum Gasteiger partial charge on any atom is -0.347 e. The number of nitrogens with one attached hydrogen (secondary N) is 2. The van der Waals surface area contributed by atoms with Gasteiger partial charge in [-0.3, -0.25) is 24.6 Å². The van der Waals surface area contributed by atoms with Crippen molar-refractivity contribution in [2.45, 2.75) is 0 Å². The first kappa shape index (κ1) is 23.9. The van der Waals surface area contributed by atoms with Gasteiger partial charge < -0.3 is 10.2 Å². The lowest BCUT2D eigenvalue weighted by Crippen LogP contribution is -2.50. The van der Waals surface area contributed by atoms with Crippen molar-refractivity contribution < 1.29 is 14.4 Å². The van der Waals surface area contributed by atoms with E-state index in [1.807, 2.05) is 40.6 Å². The highest BCUT2D eigenvalue weighted by Crippen LogP contribution is 2.24. The molecule has 0 bridgehead atoms. The predicted molar refractivity (Wildman–Crippen MR) is 133 cm³/mol. The standard InChI is InChI=1S/C24H24ClN5O3S/c25-19-8-6-18(7-9-19)23(33)30-14-12-29(13-15-30)11-10-26-21(31)22(32)28-24-27-20(16-34-24)17-4-2-1-3-5-17/h1-9,16H,10-15H2,(H,26,31)(H,27,28,32). The zero-order valence-electron chi connectivity index (χ0n) is 18.4. The number of piperazine rings is 1. The van der Waals surface area contributed by atoms with Gasteiger partial charge in [-0.25, -0.2) is 4.98 Å². The molecule has 1 aromatic heterocycles. The molecule has 1 fully saturated rings. The normalized spacial score (nSPS) is 14.0. The molecule has 1 aliphatic rings. The van der Waals surface area contributed by atoms with Crippen molar-refractivity contribution in [1.29, 1.82) is 0 Å². The Morgan fingerprint density at radius 1 is 0.941 bits per heavy atom. The molecule has 34 heavy (non-hydrogen) atoms. The number of amides is 3. The van der Waals surface area contributed by atoms with Crippen LogP contribution in [0, 0.1) is 0 Å². The number of anilines is 1. The molecule has 0 radical (unpaired) electrons. The van der Waals surface area contributed by atoms with Crippen LogP contribution in [-0.2, 0) is 9.59 Å². The molecule has 3 aromatic rings. The second-order valence-electron chi connectivity index (χ2n) is 7.75. The maximum absolute atomic E-state index is 12.6. The topological polar surface area (TPSA) is 94.6 Å². The smallest absolute Gasteiger partial charge is 0.315 e. The van der Waals surface area contributed by atoms with Gasteiger partial charge in [0, 0.05) is 60.8 Å². The maximum atomic E-state index is 12.6. The number of aromatic nitrogens is 1. The second kappa shape index (κ2) is 11.2. The number of rotatable bonds is 6. The summed E-state index contributed by atoms with van der Waals surface area (Å²) < 4.78 is 0. The minimum absolute atomic E-state index is 0.0149. The van der Waals surface area contributed by atoms with Crippen LogP contribution < -0.4 is 10.6 Å². The summed E-state index contributed by atoms with van der Waals surface area (Å²) in [5, 5.41) is 8.00. The van der Waals surface area contributed by atoms with E-state index >= 15 is 0 Å². The van der Waals surface area contributed by atoms with Crippen molar-refractivity contribution in [3.63, 3.8) is 0 Å². The maximum Gasteiger partial charge on any atom is 0.315 e. The molecule has 0 saturated carbocycles. The Balaban J connectivity index is 1.17. The van der Waals surface area contributed by atoms with Crippen LogP contribution in [0.3, 0.4) is 0 Å². The summed E-state index contributed by atoms with van der Waals surface area (Å²) in [6.07, 6.45) is 0. The fourth-order valence-electron chi connectivity index (χ4n) is 3.58. The van der Waals surface area contributed by atoms with Gasteiger partial charge in [-0.05, 0) is 24.3 Å². The van der Waals surface area contributed by atoms with Gasteiger partial charge in [0.15, 0.2) is 5.13 Å². The van der Waals surface area contributed by atoms with E-state index in [-0.39, 0.29) is 5.91 Å². The van der Waals surface area contributed by atoms with E-state index in [1.165, 1.54) is 11.3 Å². The molecule has 0 unspecified atom stereocenters. The van der Waals surface area contributed by atoms with E-state index in [0.29, 0.717) is 55.0 Å². The number of carbonyl (C=O) groups is 3. The summed E-state index contributed by atoms with van der Waals surface area (Å²) in [7, 11) is 0. The molecule has 0 spiro atoms. The Hall–Kier alpha value is -3.27. The minimum atomic E-state index is -0.743. The van der Waals surface area contributed by atoms with Gasteiger partial charge >= 0.3 is 11.8 Å². The summed E-state index contributed by atoms with van der Waals surface area (Å²) >= 11 is 7.16. The van der Waals surface area contributed by atoms with Gasteiger partial charge in [-0.1, -0.05) is 41.9 Å². The zero-order valence-corrected chi connectivity index (χ0v) is 19.9. The molecule has 4 rings (SSSR count). The molecular formula is C24H24ClN5O3S. The van der Waals surface area contributed by atoms with Crippen LogP contribution in [0.1, 0.15) is 10.4 Å². The predicted octanol–water partition coefficient (Wildman–Crippen LogP) is 2.98. The second-order valence-corrected chi connectivity index (χ2v) is 9.05. The number of hydrogen-bond donors (Lipinski definition) is 2. The highest BCUT2D eigenvalue weighted by Gasteiger charge is 2.22. The van der Waals surface area contributed by atoms with E-state index in [0.717, 1.165) is 11.3 Å². The summed E-state index contributed by atoms with van der Waals surface area (Å²) in [6, 6.07) is 16.5. The number of thiazole rings is 1. The highest BCUT2D eigenvalue weighted by atomic mass is 35.5. The largest absolute Gasteiger partial charge is 0.347 e. The molecule has 2 heterocycles. The Kier molecular flexibility index (Phi) is 7.89. The first-order valence-electron chi connectivity index (χ1n) is 10.9. The molecule has 176 valence electrons. The van der Waals surface area contributed by atoms with Crippen molar-refractivity contribution in [1.82, 2.24) is 20.1 Å². The third-order valence-electron chi connectivity index (χ3n) is 5.46. The Morgan fingerprint density at radius 2 is 1.65 bits per heavy atom. The van der Waals surface area contributed by atoms with Gasteiger partial charge in [0.2, 0.25) is 0 Å².